The monoisotopic (exact) mass is 523 g/mol. The lowest BCUT2D eigenvalue weighted by atomic mass is 9.93. The van der Waals surface area contributed by atoms with Crippen LogP contribution in [0.1, 0.15) is 64.3 Å². The molecule has 0 spiro atoms. The zero-order valence-corrected chi connectivity index (χ0v) is 21.4. The molecule has 1 fully saturated rings. The standard InChI is InChI=1S/C31H26FN3O4/c1-17-22-5-3-2-4-18(22)10-11-35(17)30(36)20-12-24(19-6-7-19)29-33-26(15-34(29)14-20)23-8-9-27-25(28(23)32)13-21(16-39-27)31(37)38/h2-5,8-9,12-15,17,19H,6-7,10-11,16H2,1H3,(H,37,38)/t17-/m1/s1. The summed E-state index contributed by atoms with van der Waals surface area (Å²) in [5.74, 6) is -1.14. The predicted octanol–water partition coefficient (Wildman–Crippen LogP) is 5.64. The van der Waals surface area contributed by atoms with Crippen LogP contribution in [0.3, 0.4) is 0 Å². The fourth-order valence-electron chi connectivity index (χ4n) is 5.81. The van der Waals surface area contributed by atoms with Crippen LogP contribution in [-0.4, -0.2) is 44.4 Å². The molecule has 7 rings (SSSR count). The molecule has 4 aromatic rings. The third kappa shape index (κ3) is 3.90. The van der Waals surface area contributed by atoms with E-state index in [1.165, 1.54) is 17.2 Å². The Morgan fingerprint density at radius 1 is 1.10 bits per heavy atom. The molecule has 1 aliphatic carbocycles. The van der Waals surface area contributed by atoms with Gasteiger partial charge in [-0.3, -0.25) is 4.79 Å². The first-order valence-electron chi connectivity index (χ1n) is 13.2. The SMILES string of the molecule is C[C@@H]1c2ccccc2CCN1C(=O)c1cc(C2CC2)c2nc(-c3ccc4c(c3F)C=C(C(=O)O)CO4)cn2c1. The van der Waals surface area contributed by atoms with E-state index in [1.807, 2.05) is 27.5 Å². The lowest BCUT2D eigenvalue weighted by Gasteiger charge is -2.35. The maximum atomic E-state index is 15.7. The summed E-state index contributed by atoms with van der Waals surface area (Å²) in [6.45, 7) is 2.61. The normalized spacial score (nSPS) is 18.3. The van der Waals surface area contributed by atoms with Crippen molar-refractivity contribution in [3.63, 3.8) is 0 Å². The number of aromatic nitrogens is 2. The van der Waals surface area contributed by atoms with Crippen molar-refractivity contribution < 1.29 is 23.8 Å². The number of halogens is 1. The molecule has 2 aromatic carbocycles. The third-order valence-corrected chi connectivity index (χ3v) is 8.09. The number of carbonyl (C=O) groups excluding carboxylic acids is 1. The van der Waals surface area contributed by atoms with E-state index in [0.717, 1.165) is 24.8 Å². The number of hydrogen-bond donors (Lipinski definition) is 1. The summed E-state index contributed by atoms with van der Waals surface area (Å²) >= 11 is 0. The second kappa shape index (κ2) is 8.80. The first kappa shape index (κ1) is 23.6. The van der Waals surface area contributed by atoms with Crippen molar-refractivity contribution in [1.29, 1.82) is 0 Å². The highest BCUT2D eigenvalue weighted by atomic mass is 19.1. The van der Waals surface area contributed by atoms with Gasteiger partial charge >= 0.3 is 5.97 Å². The van der Waals surface area contributed by atoms with E-state index in [4.69, 9.17) is 9.72 Å². The Labute approximate surface area is 224 Å². The summed E-state index contributed by atoms with van der Waals surface area (Å²) < 4.78 is 23.0. The van der Waals surface area contributed by atoms with Crippen LogP contribution < -0.4 is 4.74 Å². The van der Waals surface area contributed by atoms with Crippen molar-refractivity contribution in [3.05, 3.63) is 94.1 Å². The number of benzene rings is 2. The number of fused-ring (bicyclic) bond motifs is 3. The zero-order chi connectivity index (χ0) is 26.8. The maximum Gasteiger partial charge on any atom is 0.335 e. The molecule has 8 heteroatoms. The van der Waals surface area contributed by atoms with Crippen molar-refractivity contribution in [2.75, 3.05) is 13.2 Å². The Bertz CT molecular complexity index is 1720. The van der Waals surface area contributed by atoms with Crippen LogP contribution in [0.5, 0.6) is 5.75 Å². The maximum absolute atomic E-state index is 15.7. The molecular weight excluding hydrogens is 497 g/mol. The number of pyridine rings is 1. The Morgan fingerprint density at radius 2 is 1.92 bits per heavy atom. The molecule has 2 aliphatic heterocycles. The van der Waals surface area contributed by atoms with Crippen LogP contribution in [0, 0.1) is 5.82 Å². The number of amides is 1. The van der Waals surface area contributed by atoms with E-state index in [9.17, 15) is 14.7 Å². The minimum absolute atomic E-state index is 0.0118. The molecule has 1 atom stereocenters. The van der Waals surface area contributed by atoms with Crippen molar-refractivity contribution >= 4 is 23.6 Å². The van der Waals surface area contributed by atoms with Gasteiger partial charge in [-0.25, -0.2) is 14.2 Å². The van der Waals surface area contributed by atoms with Crippen LogP contribution in [0.15, 0.2) is 60.4 Å². The Hall–Kier alpha value is -4.46. The number of ether oxygens (including phenoxy) is 1. The van der Waals surface area contributed by atoms with Gasteiger partial charge in [0.1, 0.15) is 23.8 Å². The second-order valence-electron chi connectivity index (χ2n) is 10.5. The van der Waals surface area contributed by atoms with Gasteiger partial charge < -0.3 is 19.1 Å². The van der Waals surface area contributed by atoms with Gasteiger partial charge in [0, 0.05) is 24.5 Å². The Morgan fingerprint density at radius 3 is 2.72 bits per heavy atom. The summed E-state index contributed by atoms with van der Waals surface area (Å²) in [5.41, 5.74) is 5.50. The second-order valence-corrected chi connectivity index (χ2v) is 10.5. The molecule has 0 radical (unpaired) electrons. The minimum Gasteiger partial charge on any atom is -0.488 e. The number of carboxylic acid groups (broad SMARTS) is 1. The van der Waals surface area contributed by atoms with Crippen LogP contribution in [-0.2, 0) is 11.2 Å². The molecule has 4 heterocycles. The number of carboxylic acids is 1. The topological polar surface area (TPSA) is 84.1 Å². The van der Waals surface area contributed by atoms with Gasteiger partial charge in [0.15, 0.2) is 0 Å². The smallest absolute Gasteiger partial charge is 0.335 e. The van der Waals surface area contributed by atoms with Gasteiger partial charge in [-0.05, 0) is 73.1 Å². The quantitative estimate of drug-likeness (QED) is 0.374. The molecule has 1 N–H and O–H groups in total. The summed E-state index contributed by atoms with van der Waals surface area (Å²) in [6.07, 6.45) is 7.71. The third-order valence-electron chi connectivity index (χ3n) is 8.09. The fraction of sp³-hybridized carbons (Fsp3) is 0.258. The summed E-state index contributed by atoms with van der Waals surface area (Å²) in [7, 11) is 0. The van der Waals surface area contributed by atoms with Crippen LogP contribution in [0.25, 0.3) is 23.0 Å². The molecule has 39 heavy (non-hydrogen) atoms. The van der Waals surface area contributed by atoms with Gasteiger partial charge in [-0.2, -0.15) is 0 Å². The average molecular weight is 524 g/mol. The van der Waals surface area contributed by atoms with E-state index in [1.54, 1.807) is 24.5 Å². The van der Waals surface area contributed by atoms with Gasteiger partial charge in [-0.1, -0.05) is 24.3 Å². The van der Waals surface area contributed by atoms with E-state index in [0.29, 0.717) is 35.1 Å². The van der Waals surface area contributed by atoms with Gasteiger partial charge in [-0.15, -0.1) is 0 Å². The first-order chi connectivity index (χ1) is 18.9. The van der Waals surface area contributed by atoms with Crippen LogP contribution in [0.2, 0.25) is 0 Å². The lowest BCUT2D eigenvalue weighted by molar-refractivity contribution is -0.132. The van der Waals surface area contributed by atoms with Crippen LogP contribution >= 0.6 is 0 Å². The molecule has 1 saturated carbocycles. The fourth-order valence-corrected chi connectivity index (χ4v) is 5.81. The molecule has 2 aromatic heterocycles. The number of aliphatic carboxylic acids is 1. The Kier molecular flexibility index (Phi) is 5.33. The molecular formula is C31H26FN3O4. The Balaban J connectivity index is 1.29. The van der Waals surface area contributed by atoms with Crippen molar-refractivity contribution in [2.24, 2.45) is 0 Å². The van der Waals surface area contributed by atoms with E-state index in [-0.39, 0.29) is 35.3 Å². The predicted molar refractivity (Wildman–Crippen MR) is 143 cm³/mol. The van der Waals surface area contributed by atoms with Crippen molar-refractivity contribution in [3.8, 4) is 17.0 Å². The average Bonchev–Trinajstić information content (AvgIpc) is 3.71. The highest BCUT2D eigenvalue weighted by Crippen LogP contribution is 2.43. The molecule has 196 valence electrons. The van der Waals surface area contributed by atoms with E-state index in [2.05, 4.69) is 19.1 Å². The zero-order valence-electron chi connectivity index (χ0n) is 21.4. The lowest BCUT2D eigenvalue weighted by Crippen LogP contribution is -2.39. The molecule has 0 unspecified atom stereocenters. The molecule has 3 aliphatic rings. The first-order valence-corrected chi connectivity index (χ1v) is 13.2. The number of imidazole rings is 1. The summed E-state index contributed by atoms with van der Waals surface area (Å²) in [6, 6.07) is 13.4. The summed E-state index contributed by atoms with van der Waals surface area (Å²) in [5, 5.41) is 9.34. The van der Waals surface area contributed by atoms with Crippen molar-refractivity contribution in [2.45, 2.75) is 38.1 Å². The largest absolute Gasteiger partial charge is 0.488 e. The van der Waals surface area contributed by atoms with Crippen molar-refractivity contribution in [1.82, 2.24) is 14.3 Å². The van der Waals surface area contributed by atoms with Gasteiger partial charge in [0.2, 0.25) is 0 Å². The highest BCUT2D eigenvalue weighted by molar-refractivity contribution is 5.96. The number of rotatable bonds is 4. The molecule has 0 bridgehead atoms. The number of hydrogen-bond acceptors (Lipinski definition) is 4. The van der Waals surface area contributed by atoms with Crippen LogP contribution in [0.4, 0.5) is 4.39 Å². The summed E-state index contributed by atoms with van der Waals surface area (Å²) in [4.78, 5) is 31.9. The van der Waals surface area contributed by atoms with E-state index >= 15 is 4.39 Å². The molecule has 0 saturated heterocycles. The molecule has 1 amide bonds. The van der Waals surface area contributed by atoms with Gasteiger partial charge in [0.05, 0.1) is 28.4 Å². The van der Waals surface area contributed by atoms with E-state index < -0.39 is 11.8 Å². The van der Waals surface area contributed by atoms with Gasteiger partial charge in [0.25, 0.3) is 5.91 Å². The number of carbonyl (C=O) groups is 2. The highest BCUT2D eigenvalue weighted by Gasteiger charge is 2.32. The number of nitrogens with zero attached hydrogens (tertiary/aromatic N) is 3. The minimum atomic E-state index is -1.14. The molecule has 7 nitrogen and oxygen atoms in total.